The Balaban J connectivity index is 1.42. The summed E-state index contributed by atoms with van der Waals surface area (Å²) < 4.78 is 19.0. The smallest absolute Gasteiger partial charge is 0.251 e. The Bertz CT molecular complexity index is 932. The van der Waals surface area contributed by atoms with Gasteiger partial charge in [0.15, 0.2) is 0 Å². The molecular weight excluding hydrogens is 407 g/mol. The predicted molar refractivity (Wildman–Crippen MR) is 122 cm³/mol. The lowest BCUT2D eigenvalue weighted by molar-refractivity contribution is -0.120. The number of benzene rings is 2. The van der Waals surface area contributed by atoms with Gasteiger partial charge in [0.2, 0.25) is 5.91 Å². The molecule has 5 nitrogen and oxygen atoms in total. The van der Waals surface area contributed by atoms with Crippen LogP contribution in [0.1, 0.15) is 60.9 Å². The van der Waals surface area contributed by atoms with Crippen LogP contribution in [0.25, 0.3) is 0 Å². The molecule has 0 atom stereocenters. The van der Waals surface area contributed by atoms with Crippen LogP contribution >= 0.6 is 0 Å². The van der Waals surface area contributed by atoms with Gasteiger partial charge in [0.25, 0.3) is 5.91 Å². The number of hydrogen-bond donors (Lipinski definition) is 2. The topological polar surface area (TPSA) is 67.4 Å². The molecule has 0 unspecified atom stereocenters. The average molecular weight is 439 g/mol. The van der Waals surface area contributed by atoms with Gasteiger partial charge in [-0.2, -0.15) is 0 Å². The Kier molecular flexibility index (Phi) is 7.20. The quantitative estimate of drug-likeness (QED) is 0.679. The van der Waals surface area contributed by atoms with Gasteiger partial charge < -0.3 is 15.4 Å². The number of nitrogens with one attached hydrogen (secondary N) is 2. The van der Waals surface area contributed by atoms with Crippen LogP contribution in [0.15, 0.2) is 48.5 Å². The van der Waals surface area contributed by atoms with E-state index < -0.39 is 0 Å². The van der Waals surface area contributed by atoms with Gasteiger partial charge in [-0.1, -0.05) is 37.5 Å². The number of rotatable bonds is 6. The molecular formula is C26H31FN2O3. The molecule has 1 aliphatic carbocycles. The van der Waals surface area contributed by atoms with Crippen LogP contribution in [-0.2, 0) is 14.9 Å². The van der Waals surface area contributed by atoms with E-state index in [1.807, 2.05) is 6.07 Å². The van der Waals surface area contributed by atoms with Crippen LogP contribution in [0.5, 0.6) is 0 Å². The van der Waals surface area contributed by atoms with Gasteiger partial charge in [-0.25, -0.2) is 4.39 Å². The van der Waals surface area contributed by atoms with Crippen LogP contribution < -0.4 is 10.6 Å². The lowest BCUT2D eigenvalue weighted by Crippen LogP contribution is -2.44. The van der Waals surface area contributed by atoms with Gasteiger partial charge in [0.1, 0.15) is 5.82 Å². The Morgan fingerprint density at radius 2 is 1.72 bits per heavy atom. The van der Waals surface area contributed by atoms with E-state index in [1.54, 1.807) is 30.3 Å². The number of carbonyl (C=O) groups excluding carboxylic acids is 2. The van der Waals surface area contributed by atoms with Crippen molar-refractivity contribution in [3.8, 4) is 0 Å². The van der Waals surface area contributed by atoms with Crippen molar-refractivity contribution < 1.29 is 18.7 Å². The summed E-state index contributed by atoms with van der Waals surface area (Å²) in [5.74, 6) is -0.358. The molecule has 32 heavy (non-hydrogen) atoms. The maximum atomic E-state index is 13.4. The molecule has 2 aliphatic rings. The zero-order chi connectivity index (χ0) is 22.4. The molecule has 0 spiro atoms. The number of hydrogen-bond acceptors (Lipinski definition) is 3. The molecule has 1 heterocycles. The largest absolute Gasteiger partial charge is 0.381 e. The highest BCUT2D eigenvalue weighted by Crippen LogP contribution is 2.34. The van der Waals surface area contributed by atoms with Crippen LogP contribution in [0.2, 0.25) is 0 Å². The molecule has 6 heteroatoms. The summed E-state index contributed by atoms with van der Waals surface area (Å²) in [5, 5.41) is 6.05. The number of anilines is 1. The van der Waals surface area contributed by atoms with E-state index in [1.165, 1.54) is 18.6 Å². The summed E-state index contributed by atoms with van der Waals surface area (Å²) in [7, 11) is 0. The SMILES string of the molecule is O=C(NCC1(c2ccc(F)cc2)CCOCC1)c1cccc(NC(=O)C2CCCCC2)c1. The van der Waals surface area contributed by atoms with Gasteiger partial charge in [-0.3, -0.25) is 9.59 Å². The standard InChI is InChI=1S/C26H31FN2O3/c27-22-11-9-21(10-12-22)26(13-15-32-16-14-26)18-28-24(30)20-7-4-8-23(17-20)29-25(31)19-5-2-1-3-6-19/h4,7-12,17,19H,1-3,5-6,13-16,18H2,(H,28,30)(H,29,31). The monoisotopic (exact) mass is 438 g/mol. The van der Waals surface area contributed by atoms with E-state index in [0.717, 1.165) is 44.1 Å². The number of halogens is 1. The van der Waals surface area contributed by atoms with Crippen LogP contribution in [0.4, 0.5) is 10.1 Å². The Morgan fingerprint density at radius 1 is 1.00 bits per heavy atom. The van der Waals surface area contributed by atoms with Crippen molar-refractivity contribution >= 4 is 17.5 Å². The molecule has 1 aliphatic heterocycles. The molecule has 1 saturated carbocycles. The van der Waals surface area contributed by atoms with E-state index in [-0.39, 0.29) is 29.0 Å². The van der Waals surface area contributed by atoms with Crippen molar-refractivity contribution in [3.63, 3.8) is 0 Å². The summed E-state index contributed by atoms with van der Waals surface area (Å²) in [4.78, 5) is 25.5. The van der Waals surface area contributed by atoms with E-state index >= 15 is 0 Å². The molecule has 170 valence electrons. The highest BCUT2D eigenvalue weighted by atomic mass is 19.1. The molecule has 2 fully saturated rings. The van der Waals surface area contributed by atoms with Gasteiger partial charge >= 0.3 is 0 Å². The second kappa shape index (κ2) is 10.3. The van der Waals surface area contributed by atoms with Crippen molar-refractivity contribution in [1.29, 1.82) is 0 Å². The number of amides is 2. The first-order chi connectivity index (χ1) is 15.6. The zero-order valence-electron chi connectivity index (χ0n) is 18.4. The maximum Gasteiger partial charge on any atom is 0.251 e. The van der Waals surface area contributed by atoms with Crippen molar-refractivity contribution in [2.24, 2.45) is 5.92 Å². The van der Waals surface area contributed by atoms with E-state index in [9.17, 15) is 14.0 Å². The molecule has 1 saturated heterocycles. The summed E-state index contributed by atoms with van der Waals surface area (Å²) >= 11 is 0. The second-order valence-corrected chi connectivity index (χ2v) is 8.99. The van der Waals surface area contributed by atoms with E-state index in [0.29, 0.717) is 31.0 Å². The highest BCUT2D eigenvalue weighted by Gasteiger charge is 2.35. The summed E-state index contributed by atoms with van der Waals surface area (Å²) in [6.45, 7) is 1.66. The summed E-state index contributed by atoms with van der Waals surface area (Å²) in [5.41, 5.74) is 1.88. The molecule has 0 aromatic heterocycles. The van der Waals surface area contributed by atoms with Crippen LogP contribution in [-0.4, -0.2) is 31.6 Å². The van der Waals surface area contributed by atoms with Crippen LogP contribution in [0.3, 0.4) is 0 Å². The van der Waals surface area contributed by atoms with Gasteiger partial charge in [0.05, 0.1) is 0 Å². The first kappa shape index (κ1) is 22.5. The van der Waals surface area contributed by atoms with Crippen LogP contribution in [0, 0.1) is 11.7 Å². The van der Waals surface area contributed by atoms with Gasteiger partial charge in [0, 0.05) is 42.3 Å². The highest BCUT2D eigenvalue weighted by molar-refractivity contribution is 5.97. The third-order valence-electron chi connectivity index (χ3n) is 6.86. The minimum Gasteiger partial charge on any atom is -0.381 e. The third kappa shape index (κ3) is 5.36. The van der Waals surface area contributed by atoms with Gasteiger partial charge in [-0.05, 0) is 61.6 Å². The van der Waals surface area contributed by atoms with Crippen molar-refractivity contribution in [2.75, 3.05) is 25.1 Å². The Labute approximate surface area is 188 Å². The lowest BCUT2D eigenvalue weighted by atomic mass is 9.74. The Morgan fingerprint density at radius 3 is 2.44 bits per heavy atom. The molecule has 4 rings (SSSR count). The van der Waals surface area contributed by atoms with E-state index in [2.05, 4.69) is 10.6 Å². The normalized spacial score (nSPS) is 18.7. The van der Waals surface area contributed by atoms with Crippen molar-refractivity contribution in [3.05, 3.63) is 65.5 Å². The minimum atomic E-state index is -0.283. The third-order valence-corrected chi connectivity index (χ3v) is 6.86. The number of carbonyl (C=O) groups is 2. The average Bonchev–Trinajstić information content (AvgIpc) is 2.84. The molecule has 2 amide bonds. The van der Waals surface area contributed by atoms with Crippen molar-refractivity contribution in [2.45, 2.75) is 50.4 Å². The van der Waals surface area contributed by atoms with Crippen molar-refractivity contribution in [1.82, 2.24) is 5.32 Å². The molecule has 2 aromatic rings. The summed E-state index contributed by atoms with van der Waals surface area (Å²) in [6, 6.07) is 13.6. The maximum absolute atomic E-state index is 13.4. The van der Waals surface area contributed by atoms with Gasteiger partial charge in [-0.15, -0.1) is 0 Å². The fourth-order valence-electron chi connectivity index (χ4n) is 4.83. The number of ether oxygens (including phenoxy) is 1. The second-order valence-electron chi connectivity index (χ2n) is 8.99. The lowest BCUT2D eigenvalue weighted by Gasteiger charge is -2.38. The zero-order valence-corrected chi connectivity index (χ0v) is 18.4. The fraction of sp³-hybridized carbons (Fsp3) is 0.462. The molecule has 0 bridgehead atoms. The first-order valence-electron chi connectivity index (χ1n) is 11.6. The minimum absolute atomic E-state index is 0.0414. The summed E-state index contributed by atoms with van der Waals surface area (Å²) in [6.07, 6.45) is 6.78. The van der Waals surface area contributed by atoms with E-state index in [4.69, 9.17) is 4.74 Å². The fourth-order valence-corrected chi connectivity index (χ4v) is 4.83. The predicted octanol–water partition coefficient (Wildman–Crippen LogP) is 4.82. The Hall–Kier alpha value is -2.73. The molecule has 2 N–H and O–H groups in total. The molecule has 0 radical (unpaired) electrons. The molecule has 2 aromatic carbocycles. The first-order valence-corrected chi connectivity index (χ1v) is 11.6.